The van der Waals surface area contributed by atoms with Crippen LogP contribution in [0.25, 0.3) is 5.69 Å². The van der Waals surface area contributed by atoms with Crippen LogP contribution in [0.4, 0.5) is 0 Å². The van der Waals surface area contributed by atoms with Gasteiger partial charge in [-0.15, -0.1) is 0 Å². The molecule has 0 saturated carbocycles. The first kappa shape index (κ1) is 16.1. The number of benzene rings is 1. The fourth-order valence-electron chi connectivity index (χ4n) is 3.52. The maximum atomic E-state index is 10.4. The summed E-state index contributed by atoms with van der Waals surface area (Å²) in [5.41, 5.74) is 3.05. The van der Waals surface area contributed by atoms with E-state index in [2.05, 4.69) is 15.2 Å². The summed E-state index contributed by atoms with van der Waals surface area (Å²) in [6, 6.07) is 14.1. The average molecular weight is 338 g/mol. The van der Waals surface area contributed by atoms with Gasteiger partial charge in [0.1, 0.15) is 5.76 Å². The second-order valence-corrected chi connectivity index (χ2v) is 6.73. The Morgan fingerprint density at radius 2 is 2.04 bits per heavy atom. The van der Waals surface area contributed by atoms with Gasteiger partial charge in [-0.1, -0.05) is 23.4 Å². The van der Waals surface area contributed by atoms with Gasteiger partial charge >= 0.3 is 0 Å². The quantitative estimate of drug-likeness (QED) is 0.772. The van der Waals surface area contributed by atoms with E-state index >= 15 is 0 Å². The first-order valence-electron chi connectivity index (χ1n) is 8.60. The van der Waals surface area contributed by atoms with Crippen LogP contribution in [0.5, 0.6) is 0 Å². The van der Waals surface area contributed by atoms with E-state index in [1.165, 1.54) is 0 Å². The molecule has 1 saturated heterocycles. The van der Waals surface area contributed by atoms with Gasteiger partial charge in [0.25, 0.3) is 0 Å². The molecular weight excluding hydrogens is 316 g/mol. The van der Waals surface area contributed by atoms with Gasteiger partial charge in [-0.3, -0.25) is 4.90 Å². The summed E-state index contributed by atoms with van der Waals surface area (Å²) in [5, 5.41) is 18.8. The molecule has 1 aromatic carbocycles. The van der Waals surface area contributed by atoms with Crippen molar-refractivity contribution >= 4 is 0 Å². The fraction of sp³-hybridized carbons (Fsp3) is 0.368. The van der Waals surface area contributed by atoms with Gasteiger partial charge < -0.3 is 9.63 Å². The second-order valence-electron chi connectivity index (χ2n) is 6.73. The molecule has 1 aliphatic rings. The van der Waals surface area contributed by atoms with Crippen LogP contribution in [0.15, 0.2) is 53.2 Å². The third-order valence-corrected chi connectivity index (χ3v) is 4.73. The Balaban J connectivity index is 1.44. The van der Waals surface area contributed by atoms with E-state index in [-0.39, 0.29) is 12.0 Å². The van der Waals surface area contributed by atoms with Crippen molar-refractivity contribution in [3.8, 4) is 5.69 Å². The fourth-order valence-corrected chi connectivity index (χ4v) is 3.52. The average Bonchev–Trinajstić information content (AvgIpc) is 3.31. The Labute approximate surface area is 146 Å². The third-order valence-electron chi connectivity index (χ3n) is 4.73. The lowest BCUT2D eigenvalue weighted by atomic mass is 10.0. The summed E-state index contributed by atoms with van der Waals surface area (Å²) in [7, 11) is 0. The Morgan fingerprint density at radius 1 is 1.20 bits per heavy atom. The minimum absolute atomic E-state index is 0.167. The molecule has 6 nitrogen and oxygen atoms in total. The molecule has 0 bridgehead atoms. The Bertz CT molecular complexity index is 827. The number of para-hydroxylation sites is 1. The lowest BCUT2D eigenvalue weighted by molar-refractivity contribution is 0.137. The van der Waals surface area contributed by atoms with Crippen molar-refractivity contribution in [2.75, 3.05) is 13.1 Å². The van der Waals surface area contributed by atoms with E-state index in [1.54, 1.807) is 0 Å². The molecule has 6 heteroatoms. The molecular formula is C19H22N4O2. The molecule has 0 radical (unpaired) electrons. The molecule has 1 aliphatic heterocycles. The van der Waals surface area contributed by atoms with Crippen molar-refractivity contribution in [2.24, 2.45) is 5.92 Å². The first-order chi connectivity index (χ1) is 12.2. The van der Waals surface area contributed by atoms with E-state index in [0.717, 1.165) is 42.3 Å². The maximum Gasteiger partial charge on any atom is 0.137 e. The third kappa shape index (κ3) is 3.50. The second kappa shape index (κ2) is 6.82. The minimum Gasteiger partial charge on any atom is -0.391 e. The first-order valence-corrected chi connectivity index (χ1v) is 8.60. The zero-order valence-corrected chi connectivity index (χ0v) is 14.2. The summed E-state index contributed by atoms with van der Waals surface area (Å²) < 4.78 is 7.26. The summed E-state index contributed by atoms with van der Waals surface area (Å²) in [5.74, 6) is 1.01. The molecule has 1 fully saturated rings. The van der Waals surface area contributed by atoms with Crippen molar-refractivity contribution in [2.45, 2.75) is 26.0 Å². The number of hydrogen-bond acceptors (Lipinski definition) is 5. The van der Waals surface area contributed by atoms with E-state index in [4.69, 9.17) is 4.52 Å². The van der Waals surface area contributed by atoms with Crippen LogP contribution in [0.1, 0.15) is 17.1 Å². The smallest absolute Gasteiger partial charge is 0.137 e. The normalized spacial score (nSPS) is 21.0. The number of β-amino-alcohol motifs (C(OH)–C–C–N with tert-alkyl or cyclic N) is 1. The molecule has 3 heterocycles. The standard InChI is InChI=1S/C19H22N4O2/c1-14-9-18(25-21-14)10-15-11-22(13-19(15)24)12-17-7-8-20-23(17)16-5-3-2-4-6-16/h2-9,15,19,24H,10-13H2,1H3/t15-,19+/m1/s1. The van der Waals surface area contributed by atoms with Gasteiger partial charge in [0.2, 0.25) is 0 Å². The topological polar surface area (TPSA) is 67.3 Å². The molecule has 2 aromatic heterocycles. The molecule has 130 valence electrons. The Hall–Kier alpha value is -2.44. The van der Waals surface area contributed by atoms with Gasteiger partial charge in [-0.05, 0) is 25.1 Å². The van der Waals surface area contributed by atoms with Crippen molar-refractivity contribution in [1.82, 2.24) is 19.8 Å². The van der Waals surface area contributed by atoms with Crippen LogP contribution in [0.3, 0.4) is 0 Å². The van der Waals surface area contributed by atoms with Crippen LogP contribution >= 0.6 is 0 Å². The highest BCUT2D eigenvalue weighted by molar-refractivity contribution is 5.32. The highest BCUT2D eigenvalue weighted by Gasteiger charge is 2.32. The summed E-state index contributed by atoms with van der Waals surface area (Å²) >= 11 is 0. The number of likely N-dealkylation sites (tertiary alicyclic amines) is 1. The Kier molecular flexibility index (Phi) is 4.38. The molecule has 1 N–H and O–H groups in total. The van der Waals surface area contributed by atoms with Crippen molar-refractivity contribution in [3.63, 3.8) is 0 Å². The van der Waals surface area contributed by atoms with Crippen LogP contribution in [0, 0.1) is 12.8 Å². The highest BCUT2D eigenvalue weighted by atomic mass is 16.5. The van der Waals surface area contributed by atoms with E-state index in [0.29, 0.717) is 6.54 Å². The molecule has 0 unspecified atom stereocenters. The number of aliphatic hydroxyl groups is 1. The van der Waals surface area contributed by atoms with Gasteiger partial charge in [0.15, 0.2) is 0 Å². The number of aliphatic hydroxyl groups excluding tert-OH is 1. The van der Waals surface area contributed by atoms with Crippen LogP contribution in [-0.2, 0) is 13.0 Å². The summed E-state index contributed by atoms with van der Waals surface area (Å²) in [6.45, 7) is 4.17. The maximum absolute atomic E-state index is 10.4. The molecule has 4 rings (SSSR count). The van der Waals surface area contributed by atoms with Crippen molar-refractivity contribution < 1.29 is 9.63 Å². The molecule has 0 amide bonds. The van der Waals surface area contributed by atoms with Crippen molar-refractivity contribution in [3.05, 3.63) is 65.8 Å². The molecule has 2 atom stereocenters. The van der Waals surface area contributed by atoms with E-state index in [1.807, 2.05) is 60.3 Å². The van der Waals surface area contributed by atoms with Crippen LogP contribution in [0.2, 0.25) is 0 Å². The predicted molar refractivity (Wildman–Crippen MR) is 93.3 cm³/mol. The zero-order chi connectivity index (χ0) is 17.2. The van der Waals surface area contributed by atoms with Crippen LogP contribution in [-0.4, -0.2) is 44.1 Å². The zero-order valence-electron chi connectivity index (χ0n) is 14.2. The minimum atomic E-state index is -0.349. The molecule has 0 aliphatic carbocycles. The van der Waals surface area contributed by atoms with Crippen LogP contribution < -0.4 is 0 Å². The lowest BCUT2D eigenvalue weighted by Crippen LogP contribution is -2.23. The van der Waals surface area contributed by atoms with Gasteiger partial charge in [0, 0.05) is 44.2 Å². The lowest BCUT2D eigenvalue weighted by Gasteiger charge is -2.16. The number of hydrogen-bond donors (Lipinski definition) is 1. The monoisotopic (exact) mass is 338 g/mol. The number of aryl methyl sites for hydroxylation is 1. The molecule has 0 spiro atoms. The number of nitrogens with zero attached hydrogens (tertiary/aromatic N) is 4. The molecule has 25 heavy (non-hydrogen) atoms. The number of aromatic nitrogens is 3. The SMILES string of the molecule is Cc1cc(C[C@@H]2CN(Cc3ccnn3-c3ccccc3)C[C@@H]2O)on1. The predicted octanol–water partition coefficient (Wildman–Crippen LogP) is 2.20. The van der Waals surface area contributed by atoms with E-state index in [9.17, 15) is 5.11 Å². The van der Waals surface area contributed by atoms with Crippen molar-refractivity contribution in [1.29, 1.82) is 0 Å². The van der Waals surface area contributed by atoms with Gasteiger partial charge in [0.05, 0.1) is 23.2 Å². The van der Waals surface area contributed by atoms with E-state index < -0.39 is 0 Å². The Morgan fingerprint density at radius 3 is 2.80 bits per heavy atom. The van der Waals surface area contributed by atoms with Gasteiger partial charge in [-0.25, -0.2) is 4.68 Å². The summed E-state index contributed by atoms with van der Waals surface area (Å²) in [6.07, 6.45) is 2.19. The largest absolute Gasteiger partial charge is 0.391 e. The highest BCUT2D eigenvalue weighted by Crippen LogP contribution is 2.24. The summed E-state index contributed by atoms with van der Waals surface area (Å²) in [4.78, 5) is 2.27. The number of rotatable bonds is 5. The van der Waals surface area contributed by atoms with Gasteiger partial charge in [-0.2, -0.15) is 5.10 Å². The molecule has 3 aromatic rings.